The number of hydrogen-bond donors (Lipinski definition) is 3. The van der Waals surface area contributed by atoms with Crippen LogP contribution in [0.15, 0.2) is 35.1 Å². The highest BCUT2D eigenvalue weighted by Crippen LogP contribution is 2.31. The first-order valence-electron chi connectivity index (χ1n) is 5.69. The van der Waals surface area contributed by atoms with Gasteiger partial charge in [-0.15, -0.1) is 0 Å². The molecule has 0 aliphatic carbocycles. The molecule has 5 heteroatoms. The van der Waals surface area contributed by atoms with Gasteiger partial charge >= 0.3 is 0 Å². The van der Waals surface area contributed by atoms with Gasteiger partial charge in [-0.3, -0.25) is 4.79 Å². The third kappa shape index (κ3) is 1.90. The highest BCUT2D eigenvalue weighted by atomic mass is 16.3. The van der Waals surface area contributed by atoms with Crippen LogP contribution in [0.5, 0.6) is 0 Å². The summed E-state index contributed by atoms with van der Waals surface area (Å²) in [6.45, 7) is 0.632. The third-order valence-electron chi connectivity index (χ3n) is 2.96. The van der Waals surface area contributed by atoms with Crippen molar-refractivity contribution in [3.05, 3.63) is 41.9 Å². The normalized spacial score (nSPS) is 13.2. The lowest BCUT2D eigenvalue weighted by Crippen LogP contribution is -2.04. The number of rotatable bonds is 3. The molecule has 0 bridgehead atoms. The molecule has 92 valence electrons. The highest BCUT2D eigenvalue weighted by molar-refractivity contribution is 6.00. The molecule has 1 aliphatic heterocycles. The van der Waals surface area contributed by atoms with Crippen molar-refractivity contribution in [3.63, 3.8) is 0 Å². The zero-order chi connectivity index (χ0) is 12.5. The van der Waals surface area contributed by atoms with Crippen molar-refractivity contribution in [1.29, 1.82) is 0 Å². The molecule has 4 N–H and O–H groups in total. The van der Waals surface area contributed by atoms with E-state index >= 15 is 0 Å². The molecule has 18 heavy (non-hydrogen) atoms. The Bertz CT molecular complexity index is 591. The van der Waals surface area contributed by atoms with Crippen LogP contribution in [0, 0.1) is 0 Å². The van der Waals surface area contributed by atoms with Crippen molar-refractivity contribution in [2.45, 2.75) is 13.0 Å². The first kappa shape index (κ1) is 10.7. The van der Waals surface area contributed by atoms with Gasteiger partial charge in [0.1, 0.15) is 0 Å². The van der Waals surface area contributed by atoms with Gasteiger partial charge in [0.15, 0.2) is 0 Å². The van der Waals surface area contributed by atoms with Crippen LogP contribution >= 0.6 is 0 Å². The van der Waals surface area contributed by atoms with Crippen LogP contribution in [0.4, 0.5) is 17.1 Å². The molecule has 1 aliphatic rings. The van der Waals surface area contributed by atoms with Gasteiger partial charge in [-0.2, -0.15) is 0 Å². The standard InChI is InChI=1S/C13H13N3O2/c14-10-3-9-4-13(17)16-11(9)5-12(10)15-6-8-1-2-18-7-8/h1-3,5,7,15H,4,6,14H2,(H,16,17). The number of carbonyl (C=O) groups excluding carboxylic acids is 1. The van der Waals surface area contributed by atoms with E-state index in [1.165, 1.54) is 0 Å². The van der Waals surface area contributed by atoms with Crippen LogP contribution in [0.25, 0.3) is 0 Å². The lowest BCUT2D eigenvalue weighted by Gasteiger charge is -2.10. The summed E-state index contributed by atoms with van der Waals surface area (Å²) in [7, 11) is 0. The van der Waals surface area contributed by atoms with Crippen LogP contribution in [-0.2, 0) is 17.8 Å². The molecule has 2 aromatic rings. The molecule has 1 aromatic heterocycles. The van der Waals surface area contributed by atoms with E-state index in [0.717, 1.165) is 22.5 Å². The number of fused-ring (bicyclic) bond motifs is 1. The van der Waals surface area contributed by atoms with Crippen LogP contribution in [0.2, 0.25) is 0 Å². The quantitative estimate of drug-likeness (QED) is 0.720. The van der Waals surface area contributed by atoms with Crippen molar-refractivity contribution in [2.24, 2.45) is 0 Å². The Morgan fingerprint density at radius 1 is 1.44 bits per heavy atom. The molecule has 5 nitrogen and oxygen atoms in total. The van der Waals surface area contributed by atoms with Gasteiger partial charge in [0.25, 0.3) is 0 Å². The van der Waals surface area contributed by atoms with Gasteiger partial charge in [0, 0.05) is 17.8 Å². The number of carbonyl (C=O) groups is 1. The molecule has 0 saturated carbocycles. The minimum Gasteiger partial charge on any atom is -0.472 e. The monoisotopic (exact) mass is 243 g/mol. The van der Waals surface area contributed by atoms with E-state index in [2.05, 4.69) is 10.6 Å². The fourth-order valence-corrected chi connectivity index (χ4v) is 2.04. The fraction of sp³-hybridized carbons (Fsp3) is 0.154. The number of hydrogen-bond acceptors (Lipinski definition) is 4. The van der Waals surface area contributed by atoms with Crippen LogP contribution in [0.1, 0.15) is 11.1 Å². The van der Waals surface area contributed by atoms with Gasteiger partial charge in [-0.25, -0.2) is 0 Å². The largest absolute Gasteiger partial charge is 0.472 e. The Hall–Kier alpha value is -2.43. The summed E-state index contributed by atoms with van der Waals surface area (Å²) in [6.07, 6.45) is 3.71. The second-order valence-corrected chi connectivity index (χ2v) is 4.31. The van der Waals surface area contributed by atoms with E-state index in [9.17, 15) is 4.79 Å². The highest BCUT2D eigenvalue weighted by Gasteiger charge is 2.19. The van der Waals surface area contributed by atoms with E-state index in [1.807, 2.05) is 18.2 Å². The number of anilines is 3. The number of benzene rings is 1. The summed E-state index contributed by atoms with van der Waals surface area (Å²) >= 11 is 0. The third-order valence-corrected chi connectivity index (χ3v) is 2.96. The first-order chi connectivity index (χ1) is 8.72. The fourth-order valence-electron chi connectivity index (χ4n) is 2.04. The number of amides is 1. The molecule has 0 atom stereocenters. The van der Waals surface area contributed by atoms with Crippen LogP contribution in [-0.4, -0.2) is 5.91 Å². The summed E-state index contributed by atoms with van der Waals surface area (Å²) < 4.78 is 4.99. The second kappa shape index (κ2) is 4.10. The molecule has 1 amide bonds. The molecule has 0 spiro atoms. The molecule has 1 aromatic carbocycles. The van der Waals surface area contributed by atoms with Gasteiger partial charge in [-0.05, 0) is 23.8 Å². The summed E-state index contributed by atoms with van der Waals surface area (Å²) in [6, 6.07) is 5.60. The minimum absolute atomic E-state index is 0.0105. The average Bonchev–Trinajstić information content (AvgIpc) is 2.94. The molecule has 0 radical (unpaired) electrons. The number of furan rings is 1. The summed E-state index contributed by atoms with van der Waals surface area (Å²) in [5, 5.41) is 6.03. The van der Waals surface area contributed by atoms with Crippen molar-refractivity contribution < 1.29 is 9.21 Å². The van der Waals surface area contributed by atoms with Crippen LogP contribution < -0.4 is 16.4 Å². The second-order valence-electron chi connectivity index (χ2n) is 4.31. The van der Waals surface area contributed by atoms with Gasteiger partial charge in [0.2, 0.25) is 5.91 Å². The predicted molar refractivity (Wildman–Crippen MR) is 69.2 cm³/mol. The molecule has 2 heterocycles. The van der Waals surface area contributed by atoms with Gasteiger partial charge in [0.05, 0.1) is 30.3 Å². The van der Waals surface area contributed by atoms with E-state index in [0.29, 0.717) is 18.7 Å². The lowest BCUT2D eigenvalue weighted by molar-refractivity contribution is -0.115. The van der Waals surface area contributed by atoms with Crippen LogP contribution in [0.3, 0.4) is 0 Å². The minimum atomic E-state index is 0.0105. The van der Waals surface area contributed by atoms with Crippen molar-refractivity contribution in [2.75, 3.05) is 16.4 Å². The molecule has 3 rings (SSSR count). The lowest BCUT2D eigenvalue weighted by atomic mass is 10.1. The maximum absolute atomic E-state index is 11.3. The number of nitrogen functional groups attached to an aromatic ring is 1. The van der Waals surface area contributed by atoms with E-state index in [-0.39, 0.29) is 5.91 Å². The Balaban J connectivity index is 1.80. The Kier molecular flexibility index (Phi) is 2.44. The van der Waals surface area contributed by atoms with E-state index < -0.39 is 0 Å². The maximum Gasteiger partial charge on any atom is 0.228 e. The van der Waals surface area contributed by atoms with Crippen molar-refractivity contribution in [1.82, 2.24) is 0 Å². The zero-order valence-corrected chi connectivity index (χ0v) is 9.69. The Labute approximate surface area is 104 Å². The van der Waals surface area contributed by atoms with E-state index in [1.54, 1.807) is 12.5 Å². The smallest absolute Gasteiger partial charge is 0.228 e. The zero-order valence-electron chi connectivity index (χ0n) is 9.69. The van der Waals surface area contributed by atoms with Crippen molar-refractivity contribution in [3.8, 4) is 0 Å². The molecular weight excluding hydrogens is 230 g/mol. The Morgan fingerprint density at radius 3 is 3.11 bits per heavy atom. The topological polar surface area (TPSA) is 80.3 Å². The van der Waals surface area contributed by atoms with E-state index in [4.69, 9.17) is 10.2 Å². The molecule has 0 unspecified atom stereocenters. The first-order valence-corrected chi connectivity index (χ1v) is 5.69. The molecule has 0 saturated heterocycles. The van der Waals surface area contributed by atoms with Gasteiger partial charge in [-0.1, -0.05) is 0 Å². The molecular formula is C13H13N3O2. The number of nitrogens with one attached hydrogen (secondary N) is 2. The summed E-state index contributed by atoms with van der Waals surface area (Å²) in [5.74, 6) is 0.0105. The van der Waals surface area contributed by atoms with Gasteiger partial charge < -0.3 is 20.8 Å². The summed E-state index contributed by atoms with van der Waals surface area (Å²) in [4.78, 5) is 11.3. The predicted octanol–water partition coefficient (Wildman–Crippen LogP) is 1.97. The molecule has 0 fully saturated rings. The maximum atomic E-state index is 11.3. The SMILES string of the molecule is Nc1cc2c(cc1NCc1ccoc1)NC(=O)C2. The average molecular weight is 243 g/mol. The van der Waals surface area contributed by atoms with Crippen molar-refractivity contribution >= 4 is 23.0 Å². The number of nitrogens with two attached hydrogens (primary N) is 1. The Morgan fingerprint density at radius 2 is 2.33 bits per heavy atom. The summed E-state index contributed by atoms with van der Waals surface area (Å²) in [5.41, 5.74) is 10.2.